The van der Waals surface area contributed by atoms with Gasteiger partial charge in [0, 0.05) is 16.6 Å². The Balaban J connectivity index is 2.40. The molecule has 0 bridgehead atoms. The first-order valence-electron chi connectivity index (χ1n) is 5.92. The first-order chi connectivity index (χ1) is 8.22. The normalized spacial score (nSPS) is 10.7. The number of H-pyrrole nitrogens is 1. The van der Waals surface area contributed by atoms with E-state index in [2.05, 4.69) is 29.9 Å². The van der Waals surface area contributed by atoms with Gasteiger partial charge in [-0.2, -0.15) is 0 Å². The molecule has 2 aromatic rings. The van der Waals surface area contributed by atoms with Gasteiger partial charge in [0.2, 0.25) is 0 Å². The summed E-state index contributed by atoms with van der Waals surface area (Å²) in [5, 5.41) is 0. The minimum absolute atomic E-state index is 0.0649. The molecule has 0 radical (unpaired) electrons. The highest BCUT2D eigenvalue weighted by Gasteiger charge is 2.06. The summed E-state index contributed by atoms with van der Waals surface area (Å²) in [5.41, 5.74) is 0.808. The van der Waals surface area contributed by atoms with E-state index in [4.69, 9.17) is 0 Å². The van der Waals surface area contributed by atoms with Gasteiger partial charge >= 0.3 is 0 Å². The van der Waals surface area contributed by atoms with Crippen molar-refractivity contribution in [2.75, 3.05) is 0 Å². The molecule has 2 aromatic heterocycles. The molecule has 0 aromatic carbocycles. The van der Waals surface area contributed by atoms with Gasteiger partial charge in [0.05, 0.1) is 4.88 Å². The Labute approximate surface area is 105 Å². The Kier molecular flexibility index (Phi) is 3.74. The number of hydrogen-bond donors (Lipinski definition) is 1. The number of nitrogens with one attached hydrogen (secondary N) is 1. The Hall–Kier alpha value is -1.42. The molecule has 4 heteroatoms. The van der Waals surface area contributed by atoms with Crippen molar-refractivity contribution < 1.29 is 0 Å². The molecule has 2 heterocycles. The summed E-state index contributed by atoms with van der Waals surface area (Å²) in [6.07, 6.45) is 2.87. The number of aromatic nitrogens is 2. The van der Waals surface area contributed by atoms with E-state index < -0.39 is 0 Å². The van der Waals surface area contributed by atoms with Crippen LogP contribution in [0.5, 0.6) is 0 Å². The third-order valence-corrected chi connectivity index (χ3v) is 3.78. The molecule has 0 atom stereocenters. The fourth-order valence-corrected chi connectivity index (χ4v) is 2.60. The predicted molar refractivity (Wildman–Crippen MR) is 71.5 cm³/mol. The van der Waals surface area contributed by atoms with Crippen molar-refractivity contribution in [1.29, 1.82) is 0 Å². The summed E-state index contributed by atoms with van der Waals surface area (Å²) >= 11 is 1.69. The molecule has 0 saturated carbocycles. The van der Waals surface area contributed by atoms with E-state index in [0.717, 1.165) is 29.8 Å². The van der Waals surface area contributed by atoms with Gasteiger partial charge in [-0.05, 0) is 25.0 Å². The van der Waals surface area contributed by atoms with E-state index in [1.54, 1.807) is 17.4 Å². The molecule has 0 aliphatic carbocycles. The molecular weight excluding hydrogens is 232 g/mol. The number of aromatic amines is 1. The molecule has 3 nitrogen and oxygen atoms in total. The third kappa shape index (κ3) is 2.82. The summed E-state index contributed by atoms with van der Waals surface area (Å²) in [6, 6.07) is 5.70. The Morgan fingerprint density at radius 2 is 2.18 bits per heavy atom. The van der Waals surface area contributed by atoms with Crippen molar-refractivity contribution in [1.82, 2.24) is 9.97 Å². The van der Waals surface area contributed by atoms with Crippen LogP contribution in [-0.4, -0.2) is 9.97 Å². The van der Waals surface area contributed by atoms with Crippen LogP contribution in [0.3, 0.4) is 0 Å². The van der Waals surface area contributed by atoms with Crippen LogP contribution in [0.15, 0.2) is 23.0 Å². The second kappa shape index (κ2) is 5.27. The summed E-state index contributed by atoms with van der Waals surface area (Å²) in [4.78, 5) is 21.2. The molecule has 0 saturated heterocycles. The molecule has 0 aliphatic heterocycles. The van der Waals surface area contributed by atoms with Gasteiger partial charge < -0.3 is 4.98 Å². The highest BCUT2D eigenvalue weighted by atomic mass is 32.1. The van der Waals surface area contributed by atoms with E-state index in [1.165, 1.54) is 4.88 Å². The largest absolute Gasteiger partial charge is 0.306 e. The van der Waals surface area contributed by atoms with Crippen LogP contribution >= 0.6 is 11.3 Å². The number of aryl methyl sites for hydroxylation is 2. The number of thiophene rings is 1. The average molecular weight is 248 g/mol. The molecule has 1 N–H and O–H groups in total. The van der Waals surface area contributed by atoms with Gasteiger partial charge in [-0.15, -0.1) is 11.3 Å². The van der Waals surface area contributed by atoms with Crippen LogP contribution < -0.4 is 5.56 Å². The maximum atomic E-state index is 11.5. The zero-order valence-electron chi connectivity index (χ0n) is 10.1. The van der Waals surface area contributed by atoms with Crippen molar-refractivity contribution in [3.63, 3.8) is 0 Å². The minimum Gasteiger partial charge on any atom is -0.306 e. The van der Waals surface area contributed by atoms with Crippen LogP contribution in [0.2, 0.25) is 0 Å². The maximum absolute atomic E-state index is 11.5. The van der Waals surface area contributed by atoms with E-state index in [0.29, 0.717) is 5.82 Å². The SMILES string of the molecule is CCCc1cc(=O)[nH]c(-c2ccc(CC)s2)n1. The molecule has 0 amide bonds. The van der Waals surface area contributed by atoms with E-state index >= 15 is 0 Å². The van der Waals surface area contributed by atoms with Gasteiger partial charge in [-0.3, -0.25) is 4.79 Å². The van der Waals surface area contributed by atoms with Gasteiger partial charge in [0.1, 0.15) is 5.82 Å². The van der Waals surface area contributed by atoms with Gasteiger partial charge in [-0.1, -0.05) is 20.3 Å². The second-order valence-electron chi connectivity index (χ2n) is 3.95. The van der Waals surface area contributed by atoms with Gasteiger partial charge in [0.15, 0.2) is 0 Å². The molecule has 0 fully saturated rings. The smallest absolute Gasteiger partial charge is 0.251 e. The fourth-order valence-electron chi connectivity index (χ4n) is 1.70. The lowest BCUT2D eigenvalue weighted by Crippen LogP contribution is -2.09. The van der Waals surface area contributed by atoms with Crippen LogP contribution in [0.25, 0.3) is 10.7 Å². The summed E-state index contributed by atoms with van der Waals surface area (Å²) in [7, 11) is 0. The predicted octanol–water partition coefficient (Wildman–Crippen LogP) is 3.01. The van der Waals surface area contributed by atoms with Gasteiger partial charge in [-0.25, -0.2) is 4.98 Å². The molecule has 2 rings (SSSR count). The van der Waals surface area contributed by atoms with Crippen molar-refractivity contribution >= 4 is 11.3 Å². The maximum Gasteiger partial charge on any atom is 0.251 e. The molecule has 0 aliphatic rings. The van der Waals surface area contributed by atoms with E-state index in [-0.39, 0.29) is 5.56 Å². The Morgan fingerprint density at radius 3 is 2.82 bits per heavy atom. The highest BCUT2D eigenvalue weighted by Crippen LogP contribution is 2.25. The topological polar surface area (TPSA) is 45.8 Å². The number of nitrogens with zero attached hydrogens (tertiary/aromatic N) is 1. The Bertz CT molecular complexity index is 557. The summed E-state index contributed by atoms with van der Waals surface area (Å²) in [5.74, 6) is 0.700. The molecule has 0 spiro atoms. The van der Waals surface area contributed by atoms with Crippen LogP contribution in [-0.2, 0) is 12.8 Å². The van der Waals surface area contributed by atoms with E-state index in [1.807, 2.05) is 6.07 Å². The Morgan fingerprint density at radius 1 is 1.35 bits per heavy atom. The average Bonchev–Trinajstić information content (AvgIpc) is 2.77. The summed E-state index contributed by atoms with van der Waals surface area (Å²) < 4.78 is 0. The number of rotatable bonds is 4. The molecule has 90 valence electrons. The molecule has 17 heavy (non-hydrogen) atoms. The van der Waals surface area contributed by atoms with Crippen molar-refractivity contribution in [3.05, 3.63) is 39.1 Å². The third-order valence-electron chi connectivity index (χ3n) is 2.54. The quantitative estimate of drug-likeness (QED) is 0.904. The summed E-state index contributed by atoms with van der Waals surface area (Å²) in [6.45, 7) is 4.21. The standard InChI is InChI=1S/C13H16N2OS/c1-3-5-9-8-12(16)15-13(14-9)11-7-6-10(4-2)17-11/h6-8H,3-5H2,1-2H3,(H,14,15,16). The van der Waals surface area contributed by atoms with Crippen LogP contribution in [0.4, 0.5) is 0 Å². The zero-order valence-corrected chi connectivity index (χ0v) is 10.9. The fraction of sp³-hybridized carbons (Fsp3) is 0.385. The highest BCUT2D eigenvalue weighted by molar-refractivity contribution is 7.15. The zero-order chi connectivity index (χ0) is 12.3. The lowest BCUT2D eigenvalue weighted by molar-refractivity contribution is 0.870. The van der Waals surface area contributed by atoms with Crippen molar-refractivity contribution in [2.24, 2.45) is 0 Å². The van der Waals surface area contributed by atoms with E-state index in [9.17, 15) is 4.79 Å². The lowest BCUT2D eigenvalue weighted by atomic mass is 10.2. The second-order valence-corrected chi connectivity index (χ2v) is 5.12. The lowest BCUT2D eigenvalue weighted by Gasteiger charge is -2.00. The molecular formula is C13H16N2OS. The number of hydrogen-bond acceptors (Lipinski definition) is 3. The van der Waals surface area contributed by atoms with Crippen molar-refractivity contribution in [3.8, 4) is 10.7 Å². The minimum atomic E-state index is -0.0649. The first kappa shape index (κ1) is 12.0. The van der Waals surface area contributed by atoms with Crippen LogP contribution in [0.1, 0.15) is 30.8 Å². The van der Waals surface area contributed by atoms with Crippen molar-refractivity contribution in [2.45, 2.75) is 33.1 Å². The van der Waals surface area contributed by atoms with Gasteiger partial charge in [0.25, 0.3) is 5.56 Å². The first-order valence-corrected chi connectivity index (χ1v) is 6.74. The monoisotopic (exact) mass is 248 g/mol. The van der Waals surface area contributed by atoms with Crippen LogP contribution in [0, 0.1) is 0 Å². The molecule has 0 unspecified atom stereocenters.